The highest BCUT2D eigenvalue weighted by Crippen LogP contribution is 2.37. The summed E-state index contributed by atoms with van der Waals surface area (Å²) >= 11 is 0. The highest BCUT2D eigenvalue weighted by Gasteiger charge is 2.26. The second-order valence-electron chi connectivity index (χ2n) is 7.85. The monoisotopic (exact) mass is 370 g/mol. The molecule has 0 spiro atoms. The molecule has 1 N–H and O–H groups in total. The molecule has 2 fully saturated rings. The van der Waals surface area contributed by atoms with Gasteiger partial charge in [-0.2, -0.15) is 0 Å². The summed E-state index contributed by atoms with van der Waals surface area (Å²) in [6, 6.07) is 6.58. The van der Waals surface area contributed by atoms with Gasteiger partial charge >= 0.3 is 0 Å². The van der Waals surface area contributed by atoms with Crippen molar-refractivity contribution >= 4 is 16.8 Å². The minimum Gasteiger partial charge on any atom is -0.497 e. The van der Waals surface area contributed by atoms with Gasteiger partial charge in [0.15, 0.2) is 0 Å². The van der Waals surface area contributed by atoms with Crippen LogP contribution in [0.2, 0.25) is 0 Å². The zero-order valence-corrected chi connectivity index (χ0v) is 16.4. The first-order valence-electron chi connectivity index (χ1n) is 10.3. The molecule has 2 aromatic rings. The van der Waals surface area contributed by atoms with Crippen molar-refractivity contribution in [3.8, 4) is 5.75 Å². The van der Waals surface area contributed by atoms with E-state index in [2.05, 4.69) is 22.9 Å². The number of rotatable bonds is 5. The van der Waals surface area contributed by atoms with Crippen LogP contribution >= 0.6 is 0 Å². The van der Waals surface area contributed by atoms with Crippen molar-refractivity contribution in [2.75, 3.05) is 20.3 Å². The summed E-state index contributed by atoms with van der Waals surface area (Å²) in [4.78, 5) is 13.1. The Bertz CT molecular complexity index is 815. The molecule has 2 heterocycles. The number of hydrogen-bond acceptors (Lipinski definition) is 3. The zero-order chi connectivity index (χ0) is 18.8. The molecule has 1 aliphatic heterocycles. The van der Waals surface area contributed by atoms with Gasteiger partial charge < -0.3 is 19.4 Å². The molecule has 0 unspecified atom stereocenters. The van der Waals surface area contributed by atoms with E-state index in [0.717, 1.165) is 47.4 Å². The number of carbonyl (C=O) groups excluding carboxylic acids is 1. The normalized spacial score (nSPS) is 20.9. The topological polar surface area (TPSA) is 52.5 Å². The lowest BCUT2D eigenvalue weighted by Gasteiger charge is -2.26. The smallest absolute Gasteiger partial charge is 0.253 e. The molecule has 1 amide bonds. The highest BCUT2D eigenvalue weighted by molar-refractivity contribution is 6.08. The van der Waals surface area contributed by atoms with Crippen LogP contribution < -0.4 is 10.1 Å². The van der Waals surface area contributed by atoms with Gasteiger partial charge in [0, 0.05) is 35.8 Å². The number of nitrogens with zero attached hydrogens (tertiary/aromatic N) is 1. The van der Waals surface area contributed by atoms with Crippen LogP contribution in [0.25, 0.3) is 10.9 Å². The Labute approximate surface area is 161 Å². The summed E-state index contributed by atoms with van der Waals surface area (Å²) in [5.74, 6) is 0.785. The summed E-state index contributed by atoms with van der Waals surface area (Å²) in [6.45, 7) is 3.47. The van der Waals surface area contributed by atoms with Crippen molar-refractivity contribution in [1.29, 1.82) is 0 Å². The van der Waals surface area contributed by atoms with Gasteiger partial charge in [-0.05, 0) is 50.8 Å². The standard InChI is InChI=1S/C22H30N2O3/c1-15-21(22(25)23-14-18-9-6-12-27-18)19-13-17(26-2)10-11-20(19)24(15)16-7-4-3-5-8-16/h10-11,13,16,18H,3-9,12,14H2,1-2H3,(H,23,25)/t18-/m1/s1. The molecule has 27 heavy (non-hydrogen) atoms. The molecule has 1 atom stereocenters. The third-order valence-electron chi connectivity index (χ3n) is 6.14. The average Bonchev–Trinajstić information content (AvgIpc) is 3.31. The third kappa shape index (κ3) is 3.57. The lowest BCUT2D eigenvalue weighted by Crippen LogP contribution is -2.32. The summed E-state index contributed by atoms with van der Waals surface area (Å²) in [7, 11) is 1.67. The van der Waals surface area contributed by atoms with Crippen molar-refractivity contribution in [3.05, 3.63) is 29.5 Å². The van der Waals surface area contributed by atoms with Crippen LogP contribution in [0.5, 0.6) is 5.75 Å². The lowest BCUT2D eigenvalue weighted by molar-refractivity contribution is 0.0858. The molecule has 2 aliphatic rings. The van der Waals surface area contributed by atoms with Crippen LogP contribution in [-0.2, 0) is 4.74 Å². The van der Waals surface area contributed by atoms with Gasteiger partial charge in [-0.25, -0.2) is 0 Å². The largest absolute Gasteiger partial charge is 0.497 e. The molecule has 146 valence electrons. The molecule has 0 radical (unpaired) electrons. The summed E-state index contributed by atoms with van der Waals surface area (Å²) in [6.07, 6.45) is 8.48. The quantitative estimate of drug-likeness (QED) is 0.850. The van der Waals surface area contributed by atoms with Crippen molar-refractivity contribution in [2.45, 2.75) is 64.0 Å². The van der Waals surface area contributed by atoms with E-state index < -0.39 is 0 Å². The Morgan fingerprint density at radius 3 is 2.74 bits per heavy atom. The van der Waals surface area contributed by atoms with Crippen LogP contribution in [0, 0.1) is 6.92 Å². The van der Waals surface area contributed by atoms with Gasteiger partial charge in [0.2, 0.25) is 0 Å². The molecular formula is C22H30N2O3. The Balaban J connectivity index is 1.70. The van der Waals surface area contributed by atoms with Gasteiger partial charge in [0.05, 0.1) is 18.8 Å². The molecule has 1 aliphatic carbocycles. The maximum Gasteiger partial charge on any atom is 0.253 e. The van der Waals surface area contributed by atoms with Crippen LogP contribution in [0.1, 0.15) is 67.0 Å². The SMILES string of the molecule is COc1ccc2c(c1)c(C(=O)NC[C@H]1CCCO1)c(C)n2C1CCCCC1. The number of carbonyl (C=O) groups is 1. The Kier molecular flexibility index (Phi) is 5.39. The van der Waals surface area contributed by atoms with E-state index in [-0.39, 0.29) is 12.0 Å². The summed E-state index contributed by atoms with van der Waals surface area (Å²) < 4.78 is 13.5. The molecule has 5 nitrogen and oxygen atoms in total. The molecule has 1 saturated carbocycles. The number of ether oxygens (including phenoxy) is 2. The maximum absolute atomic E-state index is 13.1. The molecule has 1 saturated heterocycles. The third-order valence-corrected chi connectivity index (χ3v) is 6.14. The van der Waals surface area contributed by atoms with E-state index in [0.29, 0.717) is 12.6 Å². The summed E-state index contributed by atoms with van der Waals surface area (Å²) in [5.41, 5.74) is 2.99. The minimum atomic E-state index is -0.00388. The zero-order valence-electron chi connectivity index (χ0n) is 16.4. The number of hydrogen-bond donors (Lipinski definition) is 1. The first-order chi connectivity index (χ1) is 13.2. The Hall–Kier alpha value is -2.01. The molecule has 0 bridgehead atoms. The maximum atomic E-state index is 13.1. The van der Waals surface area contributed by atoms with Gasteiger partial charge in [0.1, 0.15) is 5.75 Å². The van der Waals surface area contributed by atoms with Crippen LogP contribution in [0.4, 0.5) is 0 Å². The van der Waals surface area contributed by atoms with Crippen LogP contribution in [-0.4, -0.2) is 36.8 Å². The van der Waals surface area contributed by atoms with E-state index in [1.54, 1.807) is 7.11 Å². The van der Waals surface area contributed by atoms with Gasteiger partial charge in [-0.1, -0.05) is 19.3 Å². The fourth-order valence-corrected chi connectivity index (χ4v) is 4.75. The number of amides is 1. The van der Waals surface area contributed by atoms with Crippen molar-refractivity contribution in [3.63, 3.8) is 0 Å². The van der Waals surface area contributed by atoms with Crippen LogP contribution in [0.15, 0.2) is 18.2 Å². The van der Waals surface area contributed by atoms with Gasteiger partial charge in [-0.3, -0.25) is 4.79 Å². The molecule has 1 aromatic heterocycles. The molecular weight excluding hydrogens is 340 g/mol. The number of aromatic nitrogens is 1. The molecule has 5 heteroatoms. The van der Waals surface area contributed by atoms with Gasteiger partial charge in [-0.15, -0.1) is 0 Å². The molecule has 4 rings (SSSR count). The van der Waals surface area contributed by atoms with Crippen molar-refractivity contribution < 1.29 is 14.3 Å². The predicted molar refractivity (Wildman–Crippen MR) is 107 cm³/mol. The fourth-order valence-electron chi connectivity index (χ4n) is 4.75. The van der Waals surface area contributed by atoms with E-state index in [4.69, 9.17) is 9.47 Å². The Morgan fingerprint density at radius 2 is 2.04 bits per heavy atom. The van der Waals surface area contributed by atoms with E-state index in [1.165, 1.54) is 32.1 Å². The lowest BCUT2D eigenvalue weighted by atomic mass is 9.95. The minimum absolute atomic E-state index is 0.00388. The number of methoxy groups -OCH3 is 1. The first kappa shape index (κ1) is 18.4. The fraction of sp³-hybridized carbons (Fsp3) is 0.591. The Morgan fingerprint density at radius 1 is 1.22 bits per heavy atom. The van der Waals surface area contributed by atoms with E-state index in [9.17, 15) is 4.79 Å². The van der Waals surface area contributed by atoms with Crippen LogP contribution in [0.3, 0.4) is 0 Å². The summed E-state index contributed by atoms with van der Waals surface area (Å²) in [5, 5.41) is 4.10. The van der Waals surface area contributed by atoms with E-state index >= 15 is 0 Å². The molecule has 1 aromatic carbocycles. The van der Waals surface area contributed by atoms with Crippen molar-refractivity contribution in [1.82, 2.24) is 9.88 Å². The second-order valence-corrected chi connectivity index (χ2v) is 7.85. The number of benzene rings is 1. The highest BCUT2D eigenvalue weighted by atomic mass is 16.5. The predicted octanol–water partition coefficient (Wildman–Crippen LogP) is 4.37. The van der Waals surface area contributed by atoms with Gasteiger partial charge in [0.25, 0.3) is 5.91 Å². The number of fused-ring (bicyclic) bond motifs is 1. The second kappa shape index (κ2) is 7.93. The first-order valence-corrected chi connectivity index (χ1v) is 10.3. The van der Waals surface area contributed by atoms with E-state index in [1.807, 2.05) is 12.1 Å². The number of nitrogens with one attached hydrogen (secondary N) is 1. The van der Waals surface area contributed by atoms with Crippen molar-refractivity contribution in [2.24, 2.45) is 0 Å². The average molecular weight is 370 g/mol.